The molecule has 0 aliphatic carbocycles. The lowest BCUT2D eigenvalue weighted by atomic mass is 9.95. The van der Waals surface area contributed by atoms with Crippen molar-refractivity contribution in [3.05, 3.63) is 115 Å². The van der Waals surface area contributed by atoms with Crippen molar-refractivity contribution in [1.29, 1.82) is 0 Å². The van der Waals surface area contributed by atoms with Crippen molar-refractivity contribution in [2.75, 3.05) is 0 Å². The summed E-state index contributed by atoms with van der Waals surface area (Å²) < 4.78 is 15.6. The maximum absolute atomic E-state index is 13.7. The Morgan fingerprint density at radius 1 is 0.625 bits per heavy atom. The van der Waals surface area contributed by atoms with Crippen LogP contribution in [0, 0.1) is 5.82 Å². The molecule has 0 aliphatic rings. The highest BCUT2D eigenvalue weighted by Crippen LogP contribution is 2.40. The minimum Gasteiger partial charge on any atom is -0.228 e. The van der Waals surface area contributed by atoms with E-state index in [1.165, 1.54) is 12.1 Å². The highest BCUT2D eigenvalue weighted by Gasteiger charge is 2.21. The number of aromatic nitrogens is 3. The van der Waals surface area contributed by atoms with Crippen LogP contribution in [0.4, 0.5) is 4.39 Å². The van der Waals surface area contributed by atoms with Crippen molar-refractivity contribution in [2.24, 2.45) is 0 Å². The summed E-state index contributed by atoms with van der Waals surface area (Å²) >= 11 is 0. The second-order valence-electron chi connectivity index (χ2n) is 7.67. The van der Waals surface area contributed by atoms with E-state index in [2.05, 4.69) is 18.2 Å². The lowest BCUT2D eigenvalue weighted by Gasteiger charge is -2.11. The Labute approximate surface area is 184 Å². The molecule has 0 saturated heterocycles. The average molecular weight is 415 g/mol. The normalized spacial score (nSPS) is 11.3. The summed E-state index contributed by atoms with van der Waals surface area (Å²) in [5.74, 6) is -0.271. The maximum Gasteiger partial charge on any atom is 0.164 e. The van der Waals surface area contributed by atoms with E-state index in [9.17, 15) is 4.39 Å². The lowest BCUT2D eigenvalue weighted by Crippen LogP contribution is -1.98. The summed E-state index contributed by atoms with van der Waals surface area (Å²) in [7, 11) is 0. The van der Waals surface area contributed by atoms with Crippen LogP contribution in [0.1, 0.15) is 0 Å². The first-order valence-electron chi connectivity index (χ1n) is 10.5. The summed E-state index contributed by atoms with van der Waals surface area (Å²) in [5, 5.41) is 7.01. The second kappa shape index (κ2) is 7.43. The maximum atomic E-state index is 13.7. The largest absolute Gasteiger partial charge is 0.228 e. The molecule has 0 fully saturated rings. The molecule has 3 nitrogen and oxygen atoms in total. The van der Waals surface area contributed by atoms with Crippen molar-refractivity contribution in [2.45, 2.75) is 0 Å². The molecule has 152 valence electrons. The van der Waals surface area contributed by atoms with Gasteiger partial charge in [-0.2, -0.15) is 5.10 Å². The third-order valence-corrected chi connectivity index (χ3v) is 5.69. The number of rotatable bonds is 3. The van der Waals surface area contributed by atoms with Gasteiger partial charge in [-0.3, -0.25) is 0 Å². The van der Waals surface area contributed by atoms with Crippen LogP contribution in [-0.2, 0) is 0 Å². The predicted molar refractivity (Wildman–Crippen MR) is 127 cm³/mol. The van der Waals surface area contributed by atoms with E-state index in [1.54, 1.807) is 12.1 Å². The van der Waals surface area contributed by atoms with Gasteiger partial charge in [0.2, 0.25) is 0 Å². The standard InChI is InChI=1S/C28H18FN3/c29-21-17-15-20(16-18-21)27-26-25(19-9-3-1-4-10-19)23-13-7-8-14-24(23)30-28(26)32(31-27)22-11-5-2-6-12-22/h1-18H. The van der Waals surface area contributed by atoms with Crippen molar-refractivity contribution < 1.29 is 4.39 Å². The van der Waals surface area contributed by atoms with Crippen LogP contribution in [0.2, 0.25) is 0 Å². The molecule has 2 heterocycles. The zero-order valence-electron chi connectivity index (χ0n) is 17.1. The molecule has 0 amide bonds. The number of nitrogens with zero attached hydrogens (tertiary/aromatic N) is 3. The molecule has 0 aliphatic heterocycles. The smallest absolute Gasteiger partial charge is 0.164 e. The van der Waals surface area contributed by atoms with Gasteiger partial charge in [0, 0.05) is 16.5 Å². The molecular formula is C28H18FN3. The minimum absolute atomic E-state index is 0.271. The molecule has 0 radical (unpaired) electrons. The quantitative estimate of drug-likeness (QED) is 0.310. The van der Waals surface area contributed by atoms with Gasteiger partial charge >= 0.3 is 0 Å². The fraction of sp³-hybridized carbons (Fsp3) is 0. The molecule has 2 aromatic heterocycles. The number of benzene rings is 4. The fourth-order valence-corrected chi connectivity index (χ4v) is 4.24. The van der Waals surface area contributed by atoms with Crippen LogP contribution >= 0.6 is 0 Å². The molecule has 0 saturated carbocycles. The molecule has 4 aromatic carbocycles. The minimum atomic E-state index is -0.271. The fourth-order valence-electron chi connectivity index (χ4n) is 4.24. The molecule has 6 aromatic rings. The Kier molecular flexibility index (Phi) is 4.29. The monoisotopic (exact) mass is 415 g/mol. The average Bonchev–Trinajstić information content (AvgIpc) is 3.23. The van der Waals surface area contributed by atoms with Crippen LogP contribution < -0.4 is 0 Å². The first kappa shape index (κ1) is 18.5. The summed E-state index contributed by atoms with van der Waals surface area (Å²) in [6, 6.07) is 34.9. The number of pyridine rings is 1. The van der Waals surface area contributed by atoms with Crippen molar-refractivity contribution >= 4 is 21.9 Å². The molecular weight excluding hydrogens is 397 g/mol. The van der Waals surface area contributed by atoms with Gasteiger partial charge in [0.05, 0.1) is 16.6 Å². The lowest BCUT2D eigenvalue weighted by molar-refractivity contribution is 0.628. The first-order valence-corrected chi connectivity index (χ1v) is 10.5. The van der Waals surface area contributed by atoms with Crippen molar-refractivity contribution in [1.82, 2.24) is 14.8 Å². The van der Waals surface area contributed by atoms with Gasteiger partial charge in [-0.1, -0.05) is 66.7 Å². The Morgan fingerprint density at radius 3 is 2.03 bits per heavy atom. The highest BCUT2D eigenvalue weighted by molar-refractivity contribution is 6.13. The molecule has 32 heavy (non-hydrogen) atoms. The van der Waals surface area contributed by atoms with Gasteiger partial charge in [0.15, 0.2) is 5.65 Å². The Balaban J connectivity index is 1.81. The van der Waals surface area contributed by atoms with Crippen LogP contribution in [0.3, 0.4) is 0 Å². The molecule has 4 heteroatoms. The predicted octanol–water partition coefficient (Wildman–Crippen LogP) is 7.05. The van der Waals surface area contributed by atoms with Gasteiger partial charge in [-0.15, -0.1) is 0 Å². The third kappa shape index (κ3) is 2.96. The van der Waals surface area contributed by atoms with Gasteiger partial charge < -0.3 is 0 Å². The Bertz CT molecular complexity index is 1550. The first-order chi connectivity index (χ1) is 15.8. The SMILES string of the molecule is Fc1ccc(-c2nn(-c3ccccc3)c3nc4ccccc4c(-c4ccccc4)c23)cc1. The van der Waals surface area contributed by atoms with Crippen LogP contribution in [0.25, 0.3) is 50.0 Å². The second-order valence-corrected chi connectivity index (χ2v) is 7.67. The number of halogens is 1. The number of hydrogen-bond donors (Lipinski definition) is 0. The van der Waals surface area contributed by atoms with Gasteiger partial charge in [-0.05, 0) is 48.0 Å². The summed E-state index contributed by atoms with van der Waals surface area (Å²) in [6.45, 7) is 0. The van der Waals surface area contributed by atoms with E-state index in [1.807, 2.05) is 71.4 Å². The topological polar surface area (TPSA) is 30.7 Å². The third-order valence-electron chi connectivity index (χ3n) is 5.69. The van der Waals surface area contributed by atoms with E-state index in [0.717, 1.165) is 50.0 Å². The van der Waals surface area contributed by atoms with Gasteiger partial charge in [-0.25, -0.2) is 14.1 Å². The van der Waals surface area contributed by atoms with E-state index in [-0.39, 0.29) is 5.82 Å². The van der Waals surface area contributed by atoms with E-state index < -0.39 is 0 Å². The number of hydrogen-bond acceptors (Lipinski definition) is 2. The molecule has 0 unspecified atom stereocenters. The zero-order valence-corrected chi connectivity index (χ0v) is 17.1. The molecule has 6 rings (SSSR count). The Hall–Kier alpha value is -4.31. The van der Waals surface area contributed by atoms with Crippen LogP contribution in [-0.4, -0.2) is 14.8 Å². The van der Waals surface area contributed by atoms with Crippen molar-refractivity contribution in [3.63, 3.8) is 0 Å². The highest BCUT2D eigenvalue weighted by atomic mass is 19.1. The zero-order chi connectivity index (χ0) is 21.5. The molecule has 0 spiro atoms. The Morgan fingerprint density at radius 2 is 1.28 bits per heavy atom. The molecule has 0 N–H and O–H groups in total. The molecule has 0 atom stereocenters. The van der Waals surface area contributed by atoms with E-state index in [0.29, 0.717) is 0 Å². The summed E-state index contributed by atoms with van der Waals surface area (Å²) in [4.78, 5) is 5.03. The number of para-hydroxylation sites is 2. The van der Waals surface area contributed by atoms with Crippen LogP contribution in [0.5, 0.6) is 0 Å². The van der Waals surface area contributed by atoms with E-state index >= 15 is 0 Å². The molecule has 0 bridgehead atoms. The van der Waals surface area contributed by atoms with Crippen LogP contribution in [0.15, 0.2) is 109 Å². The summed E-state index contributed by atoms with van der Waals surface area (Å²) in [5.41, 5.74) is 6.39. The van der Waals surface area contributed by atoms with Crippen molar-refractivity contribution in [3.8, 4) is 28.1 Å². The van der Waals surface area contributed by atoms with E-state index in [4.69, 9.17) is 10.1 Å². The van der Waals surface area contributed by atoms with Gasteiger partial charge in [0.25, 0.3) is 0 Å². The number of fused-ring (bicyclic) bond motifs is 2. The summed E-state index contributed by atoms with van der Waals surface area (Å²) in [6.07, 6.45) is 0. The van der Waals surface area contributed by atoms with Gasteiger partial charge in [0.1, 0.15) is 11.5 Å².